The van der Waals surface area contributed by atoms with Gasteiger partial charge in [-0.25, -0.2) is 0 Å². The van der Waals surface area contributed by atoms with Crippen LogP contribution in [0.1, 0.15) is 55.0 Å². The number of aryl methyl sites for hydroxylation is 1. The lowest BCUT2D eigenvalue weighted by molar-refractivity contribution is -0.132. The number of anilines is 1. The second kappa shape index (κ2) is 8.94. The van der Waals surface area contributed by atoms with Crippen molar-refractivity contribution >= 4 is 23.1 Å². The SMILES string of the molecule is CCc1ccc(/C(O)=C2\C(=O)C(=O)N(c3ccc(C(C)C)cc3)C2c2ccc(O)cc2)cc1. The first-order valence-corrected chi connectivity index (χ1v) is 11.1. The van der Waals surface area contributed by atoms with Crippen LogP contribution in [-0.4, -0.2) is 21.9 Å². The van der Waals surface area contributed by atoms with Crippen LogP contribution in [0.15, 0.2) is 78.4 Å². The molecule has 0 saturated carbocycles. The summed E-state index contributed by atoms with van der Waals surface area (Å²) in [6.07, 6.45) is 0.852. The topological polar surface area (TPSA) is 77.8 Å². The summed E-state index contributed by atoms with van der Waals surface area (Å²) in [6, 6.07) is 20.4. The highest BCUT2D eigenvalue weighted by Crippen LogP contribution is 2.42. The molecule has 1 unspecified atom stereocenters. The van der Waals surface area contributed by atoms with Gasteiger partial charge in [0.05, 0.1) is 11.6 Å². The van der Waals surface area contributed by atoms with Gasteiger partial charge >= 0.3 is 0 Å². The summed E-state index contributed by atoms with van der Waals surface area (Å²) in [7, 11) is 0. The average Bonchev–Trinajstić information content (AvgIpc) is 3.09. The van der Waals surface area contributed by atoms with Gasteiger partial charge in [0.1, 0.15) is 11.5 Å². The molecule has 0 bridgehead atoms. The van der Waals surface area contributed by atoms with Crippen molar-refractivity contribution in [3.63, 3.8) is 0 Å². The summed E-state index contributed by atoms with van der Waals surface area (Å²) in [5.41, 5.74) is 3.92. The van der Waals surface area contributed by atoms with E-state index in [9.17, 15) is 19.8 Å². The summed E-state index contributed by atoms with van der Waals surface area (Å²) in [5.74, 6) is -1.24. The van der Waals surface area contributed by atoms with Crippen LogP contribution in [0.4, 0.5) is 5.69 Å². The molecule has 1 aliphatic heterocycles. The Bertz CT molecular complexity index is 1210. The van der Waals surface area contributed by atoms with Gasteiger partial charge in [0.25, 0.3) is 11.7 Å². The third-order valence-corrected chi connectivity index (χ3v) is 6.13. The zero-order valence-corrected chi connectivity index (χ0v) is 18.9. The summed E-state index contributed by atoms with van der Waals surface area (Å²) in [4.78, 5) is 27.8. The fourth-order valence-electron chi connectivity index (χ4n) is 4.14. The zero-order chi connectivity index (χ0) is 23.7. The summed E-state index contributed by atoms with van der Waals surface area (Å²) in [6.45, 7) is 6.21. The third-order valence-electron chi connectivity index (χ3n) is 6.13. The Kier molecular flexibility index (Phi) is 6.05. The van der Waals surface area contributed by atoms with Crippen LogP contribution in [-0.2, 0) is 16.0 Å². The Morgan fingerprint density at radius 2 is 1.52 bits per heavy atom. The lowest BCUT2D eigenvalue weighted by atomic mass is 9.94. The number of carbonyl (C=O) groups excluding carboxylic acids is 2. The first-order chi connectivity index (χ1) is 15.8. The molecule has 3 aromatic rings. The predicted octanol–water partition coefficient (Wildman–Crippen LogP) is 5.70. The monoisotopic (exact) mass is 441 g/mol. The first-order valence-electron chi connectivity index (χ1n) is 11.1. The normalized spacial score (nSPS) is 17.7. The molecule has 4 rings (SSSR count). The van der Waals surface area contributed by atoms with Crippen molar-refractivity contribution in [3.05, 3.63) is 101 Å². The van der Waals surface area contributed by atoms with E-state index in [4.69, 9.17) is 0 Å². The number of carbonyl (C=O) groups is 2. The van der Waals surface area contributed by atoms with Crippen molar-refractivity contribution in [1.29, 1.82) is 0 Å². The fourth-order valence-corrected chi connectivity index (χ4v) is 4.14. The van der Waals surface area contributed by atoms with Gasteiger partial charge in [0.2, 0.25) is 0 Å². The number of phenolic OH excluding ortho intramolecular Hbond substituents is 1. The van der Waals surface area contributed by atoms with E-state index >= 15 is 0 Å². The van der Waals surface area contributed by atoms with Crippen LogP contribution in [0, 0.1) is 0 Å². The molecule has 1 heterocycles. The largest absolute Gasteiger partial charge is 0.508 e. The molecule has 2 N–H and O–H groups in total. The Morgan fingerprint density at radius 3 is 2.06 bits per heavy atom. The lowest BCUT2D eigenvalue weighted by Gasteiger charge is -2.26. The van der Waals surface area contributed by atoms with Gasteiger partial charge in [-0.3, -0.25) is 14.5 Å². The van der Waals surface area contributed by atoms with E-state index in [0.717, 1.165) is 17.5 Å². The molecule has 0 aromatic heterocycles. The highest BCUT2D eigenvalue weighted by Gasteiger charge is 2.46. The first kappa shape index (κ1) is 22.3. The van der Waals surface area contributed by atoms with Gasteiger partial charge in [0.15, 0.2) is 0 Å². The van der Waals surface area contributed by atoms with Crippen LogP contribution in [0.25, 0.3) is 5.76 Å². The number of nitrogens with zero attached hydrogens (tertiary/aromatic N) is 1. The molecule has 1 fully saturated rings. The number of aliphatic hydroxyl groups is 1. The van der Waals surface area contributed by atoms with E-state index in [2.05, 4.69) is 13.8 Å². The maximum atomic E-state index is 13.2. The molecule has 1 atom stereocenters. The van der Waals surface area contributed by atoms with Crippen molar-refractivity contribution in [2.24, 2.45) is 0 Å². The van der Waals surface area contributed by atoms with Gasteiger partial charge in [0, 0.05) is 11.3 Å². The van der Waals surface area contributed by atoms with Crippen molar-refractivity contribution in [1.82, 2.24) is 0 Å². The molecule has 1 aliphatic rings. The van der Waals surface area contributed by atoms with Gasteiger partial charge in [-0.15, -0.1) is 0 Å². The Hall–Kier alpha value is -3.86. The van der Waals surface area contributed by atoms with Gasteiger partial charge in [-0.05, 0) is 53.3 Å². The second-order valence-corrected chi connectivity index (χ2v) is 8.56. The van der Waals surface area contributed by atoms with Gasteiger partial charge in [-0.1, -0.05) is 69.3 Å². The molecule has 5 nitrogen and oxygen atoms in total. The highest BCUT2D eigenvalue weighted by atomic mass is 16.3. The molecule has 5 heteroatoms. The molecular weight excluding hydrogens is 414 g/mol. The van der Waals surface area contributed by atoms with E-state index < -0.39 is 17.7 Å². The number of aliphatic hydroxyl groups excluding tert-OH is 1. The number of hydrogen-bond acceptors (Lipinski definition) is 4. The summed E-state index contributed by atoms with van der Waals surface area (Å²) < 4.78 is 0. The standard InChI is InChI=1S/C28H27NO4/c1-4-18-5-7-21(8-6-18)26(31)24-25(20-11-15-23(30)16-12-20)29(28(33)27(24)32)22-13-9-19(10-14-22)17(2)3/h5-17,25,30-31H,4H2,1-3H3/b26-24+. The van der Waals surface area contributed by atoms with E-state index in [1.807, 2.05) is 43.3 Å². The number of hydrogen-bond donors (Lipinski definition) is 2. The molecule has 0 radical (unpaired) electrons. The van der Waals surface area contributed by atoms with E-state index in [-0.39, 0.29) is 17.1 Å². The van der Waals surface area contributed by atoms with Crippen LogP contribution >= 0.6 is 0 Å². The van der Waals surface area contributed by atoms with Gasteiger partial charge in [-0.2, -0.15) is 0 Å². The van der Waals surface area contributed by atoms with Crippen LogP contribution in [0.2, 0.25) is 0 Å². The molecule has 1 saturated heterocycles. The number of benzene rings is 3. The summed E-state index contributed by atoms with van der Waals surface area (Å²) in [5, 5.41) is 20.9. The maximum absolute atomic E-state index is 13.2. The van der Waals surface area contributed by atoms with Crippen LogP contribution in [0.5, 0.6) is 5.75 Å². The van der Waals surface area contributed by atoms with Crippen molar-refractivity contribution in [2.45, 2.75) is 39.2 Å². The predicted molar refractivity (Wildman–Crippen MR) is 129 cm³/mol. The van der Waals surface area contributed by atoms with Crippen molar-refractivity contribution < 1.29 is 19.8 Å². The number of rotatable bonds is 5. The minimum atomic E-state index is -0.818. The Balaban J connectivity index is 1.88. The van der Waals surface area contributed by atoms with E-state index in [1.54, 1.807) is 24.3 Å². The highest BCUT2D eigenvalue weighted by molar-refractivity contribution is 6.51. The lowest BCUT2D eigenvalue weighted by Crippen LogP contribution is -2.29. The van der Waals surface area contributed by atoms with Crippen molar-refractivity contribution in [2.75, 3.05) is 4.90 Å². The molecule has 3 aromatic carbocycles. The number of amides is 1. The number of Topliss-reactive ketones (excluding diaryl/α,β-unsaturated/α-hetero) is 1. The average molecular weight is 442 g/mol. The maximum Gasteiger partial charge on any atom is 0.300 e. The van der Waals surface area contributed by atoms with Crippen molar-refractivity contribution in [3.8, 4) is 5.75 Å². The molecule has 1 amide bonds. The van der Waals surface area contributed by atoms with Crippen LogP contribution < -0.4 is 4.90 Å². The molecular formula is C28H27NO4. The minimum Gasteiger partial charge on any atom is -0.508 e. The minimum absolute atomic E-state index is 0.0304. The molecule has 33 heavy (non-hydrogen) atoms. The zero-order valence-electron chi connectivity index (χ0n) is 18.9. The smallest absolute Gasteiger partial charge is 0.300 e. The molecule has 0 spiro atoms. The quantitative estimate of drug-likeness (QED) is 0.302. The number of aromatic hydroxyl groups is 1. The number of phenols is 1. The Morgan fingerprint density at radius 1 is 0.909 bits per heavy atom. The van der Waals surface area contributed by atoms with Crippen LogP contribution in [0.3, 0.4) is 0 Å². The summed E-state index contributed by atoms with van der Waals surface area (Å²) >= 11 is 0. The Labute approximate surface area is 193 Å². The number of ketones is 1. The van der Waals surface area contributed by atoms with E-state index in [0.29, 0.717) is 22.7 Å². The molecule has 168 valence electrons. The third kappa shape index (κ3) is 4.14. The fraction of sp³-hybridized carbons (Fsp3) is 0.214. The van der Waals surface area contributed by atoms with Gasteiger partial charge < -0.3 is 10.2 Å². The second-order valence-electron chi connectivity index (χ2n) is 8.56. The van der Waals surface area contributed by atoms with E-state index in [1.165, 1.54) is 17.0 Å². The molecule has 0 aliphatic carbocycles.